The zero-order valence-corrected chi connectivity index (χ0v) is 19.0. The summed E-state index contributed by atoms with van der Waals surface area (Å²) in [6.07, 6.45) is 2.21. The van der Waals surface area contributed by atoms with Crippen molar-refractivity contribution in [3.8, 4) is 0 Å². The molecule has 150 valence electrons. The molecule has 0 saturated carbocycles. The maximum atomic E-state index is 12.5. The molecule has 0 fully saturated rings. The highest BCUT2D eigenvalue weighted by Gasteiger charge is 2.23. The molecular formula is C21H26ClIN4O. The van der Waals surface area contributed by atoms with Gasteiger partial charge >= 0.3 is 0 Å². The lowest BCUT2D eigenvalue weighted by atomic mass is 10.2. The number of aliphatic imine (C=N–C) groups is 1. The quantitative estimate of drug-likeness (QED) is 0.266. The third-order valence-corrected chi connectivity index (χ3v) is 5.04. The van der Waals surface area contributed by atoms with Crippen molar-refractivity contribution in [2.75, 3.05) is 25.0 Å². The number of benzene rings is 2. The smallest absolute Gasteiger partial charge is 0.227 e. The maximum absolute atomic E-state index is 12.5. The second-order valence-corrected chi connectivity index (χ2v) is 6.88. The van der Waals surface area contributed by atoms with E-state index in [1.54, 1.807) is 7.05 Å². The fraction of sp³-hybridized carbons (Fsp3) is 0.333. The molecule has 2 aromatic carbocycles. The number of carbonyl (C=O) groups excluding carboxylic acids is 1. The van der Waals surface area contributed by atoms with E-state index in [4.69, 9.17) is 11.6 Å². The van der Waals surface area contributed by atoms with Crippen LogP contribution in [0.2, 0.25) is 5.02 Å². The van der Waals surface area contributed by atoms with Crippen LogP contribution < -0.4 is 15.5 Å². The van der Waals surface area contributed by atoms with Gasteiger partial charge in [0.1, 0.15) is 0 Å². The van der Waals surface area contributed by atoms with Gasteiger partial charge < -0.3 is 15.5 Å². The molecule has 0 aromatic heterocycles. The highest BCUT2D eigenvalue weighted by molar-refractivity contribution is 14.0. The number of guanidine groups is 1. The molecule has 0 unspecified atom stereocenters. The van der Waals surface area contributed by atoms with Gasteiger partial charge in [-0.25, -0.2) is 0 Å². The van der Waals surface area contributed by atoms with Crippen LogP contribution in [0.15, 0.2) is 53.5 Å². The molecule has 2 aromatic rings. The third-order valence-electron chi connectivity index (χ3n) is 4.68. The van der Waals surface area contributed by atoms with Gasteiger partial charge in [-0.2, -0.15) is 0 Å². The van der Waals surface area contributed by atoms with Gasteiger partial charge in [0, 0.05) is 43.8 Å². The number of hydrogen-bond acceptors (Lipinski definition) is 2. The standard InChI is InChI=1S/C21H25ClN4O.HI/c1-23-21(25-15-17-8-2-4-9-18(17)22)24-13-6-11-20(27)26-14-12-16-7-3-5-10-19(16)26;/h2-5,7-10H,6,11-15H2,1H3,(H2,23,24,25);1H. The molecule has 3 rings (SSSR count). The average molecular weight is 513 g/mol. The van der Waals surface area contributed by atoms with Crippen LogP contribution in [0.4, 0.5) is 5.69 Å². The highest BCUT2D eigenvalue weighted by Crippen LogP contribution is 2.27. The second kappa shape index (κ2) is 11.3. The van der Waals surface area contributed by atoms with Crippen LogP contribution in [-0.2, 0) is 17.8 Å². The molecule has 0 bridgehead atoms. The summed E-state index contributed by atoms with van der Waals surface area (Å²) in [4.78, 5) is 18.6. The molecular weight excluding hydrogens is 487 g/mol. The zero-order chi connectivity index (χ0) is 19.1. The minimum atomic E-state index is 0. The Morgan fingerprint density at radius 2 is 1.89 bits per heavy atom. The maximum Gasteiger partial charge on any atom is 0.227 e. The summed E-state index contributed by atoms with van der Waals surface area (Å²) in [6.45, 7) is 2.07. The fourth-order valence-electron chi connectivity index (χ4n) is 3.22. The molecule has 1 heterocycles. The van der Waals surface area contributed by atoms with E-state index < -0.39 is 0 Å². The Morgan fingerprint density at radius 1 is 1.14 bits per heavy atom. The van der Waals surface area contributed by atoms with Crippen molar-refractivity contribution in [3.63, 3.8) is 0 Å². The van der Waals surface area contributed by atoms with Crippen molar-refractivity contribution >= 4 is 53.1 Å². The number of para-hydroxylation sites is 1. The molecule has 5 nitrogen and oxygen atoms in total. The first kappa shape index (κ1) is 22.5. The van der Waals surface area contributed by atoms with Gasteiger partial charge in [0.15, 0.2) is 5.96 Å². The minimum absolute atomic E-state index is 0. The number of rotatable bonds is 6. The van der Waals surface area contributed by atoms with E-state index >= 15 is 0 Å². The summed E-state index contributed by atoms with van der Waals surface area (Å²) in [5.74, 6) is 0.884. The first-order valence-electron chi connectivity index (χ1n) is 9.25. The van der Waals surface area contributed by atoms with Crippen molar-refractivity contribution in [2.24, 2.45) is 4.99 Å². The summed E-state index contributed by atoms with van der Waals surface area (Å²) in [5.41, 5.74) is 3.34. The third kappa shape index (κ3) is 5.85. The van der Waals surface area contributed by atoms with Crippen molar-refractivity contribution in [2.45, 2.75) is 25.8 Å². The van der Waals surface area contributed by atoms with Crippen molar-refractivity contribution in [1.29, 1.82) is 0 Å². The number of nitrogens with zero attached hydrogens (tertiary/aromatic N) is 2. The van der Waals surface area contributed by atoms with Crippen LogP contribution in [0.5, 0.6) is 0 Å². The number of halogens is 2. The lowest BCUT2D eigenvalue weighted by Gasteiger charge is -2.17. The lowest BCUT2D eigenvalue weighted by molar-refractivity contribution is -0.118. The predicted molar refractivity (Wildman–Crippen MR) is 127 cm³/mol. The number of carbonyl (C=O) groups is 1. The Labute approximate surface area is 188 Å². The van der Waals surface area contributed by atoms with Gasteiger partial charge in [0.2, 0.25) is 5.91 Å². The van der Waals surface area contributed by atoms with E-state index in [0.29, 0.717) is 25.5 Å². The van der Waals surface area contributed by atoms with Crippen LogP contribution in [0.3, 0.4) is 0 Å². The molecule has 0 saturated heterocycles. The number of amides is 1. The number of anilines is 1. The summed E-state index contributed by atoms with van der Waals surface area (Å²) in [7, 11) is 1.73. The lowest BCUT2D eigenvalue weighted by Crippen LogP contribution is -2.38. The van der Waals surface area contributed by atoms with Gasteiger partial charge in [0.25, 0.3) is 0 Å². The average Bonchev–Trinajstić information content (AvgIpc) is 3.12. The Morgan fingerprint density at radius 3 is 2.68 bits per heavy atom. The van der Waals surface area contributed by atoms with Crippen molar-refractivity contribution in [3.05, 3.63) is 64.7 Å². The molecule has 0 radical (unpaired) electrons. The van der Waals surface area contributed by atoms with Crippen molar-refractivity contribution < 1.29 is 4.79 Å². The van der Waals surface area contributed by atoms with Crippen LogP contribution in [0.1, 0.15) is 24.0 Å². The topological polar surface area (TPSA) is 56.7 Å². The second-order valence-electron chi connectivity index (χ2n) is 6.47. The van der Waals surface area contributed by atoms with Crippen LogP contribution in [0.25, 0.3) is 0 Å². The summed E-state index contributed by atoms with van der Waals surface area (Å²) < 4.78 is 0. The summed E-state index contributed by atoms with van der Waals surface area (Å²) in [6, 6.07) is 15.9. The predicted octanol–water partition coefficient (Wildman–Crippen LogP) is 3.99. The number of hydrogen-bond donors (Lipinski definition) is 2. The number of fused-ring (bicyclic) bond motifs is 1. The fourth-order valence-corrected chi connectivity index (χ4v) is 3.42. The molecule has 0 aliphatic carbocycles. The number of nitrogens with one attached hydrogen (secondary N) is 2. The molecule has 1 aliphatic rings. The summed E-state index contributed by atoms with van der Waals surface area (Å²) in [5, 5.41) is 7.22. The van der Waals surface area contributed by atoms with E-state index in [1.165, 1.54) is 5.56 Å². The monoisotopic (exact) mass is 512 g/mol. The first-order chi connectivity index (χ1) is 13.2. The van der Waals surface area contributed by atoms with Gasteiger partial charge in [-0.3, -0.25) is 9.79 Å². The molecule has 1 aliphatic heterocycles. The highest BCUT2D eigenvalue weighted by atomic mass is 127. The van der Waals surface area contributed by atoms with Gasteiger partial charge in [-0.1, -0.05) is 48.0 Å². The largest absolute Gasteiger partial charge is 0.356 e. The van der Waals surface area contributed by atoms with E-state index in [9.17, 15) is 4.79 Å². The molecule has 28 heavy (non-hydrogen) atoms. The normalized spacial score (nSPS) is 12.9. The van der Waals surface area contributed by atoms with Crippen LogP contribution in [-0.4, -0.2) is 32.0 Å². The van der Waals surface area contributed by atoms with E-state index in [-0.39, 0.29) is 29.9 Å². The van der Waals surface area contributed by atoms with Crippen LogP contribution >= 0.6 is 35.6 Å². The Bertz CT molecular complexity index is 828. The summed E-state index contributed by atoms with van der Waals surface area (Å²) >= 11 is 6.17. The van der Waals surface area contributed by atoms with Crippen molar-refractivity contribution in [1.82, 2.24) is 10.6 Å². The Balaban J connectivity index is 0.00000280. The molecule has 0 atom stereocenters. The van der Waals surface area contributed by atoms with E-state index in [0.717, 1.165) is 35.7 Å². The zero-order valence-electron chi connectivity index (χ0n) is 16.0. The van der Waals surface area contributed by atoms with Crippen LogP contribution in [0, 0.1) is 0 Å². The minimum Gasteiger partial charge on any atom is -0.356 e. The molecule has 1 amide bonds. The molecule has 7 heteroatoms. The first-order valence-corrected chi connectivity index (χ1v) is 9.63. The Kier molecular flexibility index (Phi) is 9.05. The van der Waals surface area contributed by atoms with Gasteiger partial charge in [-0.15, -0.1) is 24.0 Å². The van der Waals surface area contributed by atoms with Gasteiger partial charge in [0.05, 0.1) is 0 Å². The van der Waals surface area contributed by atoms with E-state index in [1.807, 2.05) is 47.4 Å². The molecule has 0 spiro atoms. The molecule has 2 N–H and O–H groups in total. The van der Waals surface area contributed by atoms with Gasteiger partial charge in [-0.05, 0) is 36.1 Å². The Hall–Kier alpha value is -1.80. The van der Waals surface area contributed by atoms with E-state index in [2.05, 4.69) is 21.7 Å². The SMILES string of the molecule is CN=C(NCCCC(=O)N1CCc2ccccc21)NCc1ccccc1Cl.I.